The van der Waals surface area contributed by atoms with E-state index in [0.29, 0.717) is 43.4 Å². The quantitative estimate of drug-likeness (QED) is 0.222. The van der Waals surface area contributed by atoms with Crippen LogP contribution in [0, 0.1) is 11.7 Å². The van der Waals surface area contributed by atoms with Crippen LogP contribution in [0.2, 0.25) is 0 Å². The number of carbonyl (C=O) groups excluding carboxylic acids is 3. The largest absolute Gasteiger partial charge is 0.573 e. The number of hydrogen-bond acceptors (Lipinski definition) is 10. The van der Waals surface area contributed by atoms with Crippen molar-refractivity contribution in [3.8, 4) is 5.75 Å². The van der Waals surface area contributed by atoms with Crippen LogP contribution in [-0.2, 0) is 23.9 Å². The van der Waals surface area contributed by atoms with Gasteiger partial charge in [0.1, 0.15) is 29.9 Å². The Bertz CT molecular complexity index is 1640. The summed E-state index contributed by atoms with van der Waals surface area (Å²) in [6.45, 7) is 0. The van der Waals surface area contributed by atoms with Crippen molar-refractivity contribution in [2.75, 3.05) is 4.90 Å². The number of nitrogens with zero attached hydrogens (tertiary/aromatic N) is 2. The number of aliphatic carboxylic acids is 1. The Morgan fingerprint density at radius 2 is 1.62 bits per heavy atom. The molecule has 5 unspecified atom stereocenters. The van der Waals surface area contributed by atoms with E-state index in [1.54, 1.807) is 4.90 Å². The third-order valence-electron chi connectivity index (χ3n) is 9.52. The molecule has 0 radical (unpaired) electrons. The summed E-state index contributed by atoms with van der Waals surface area (Å²) in [5.74, 6) is -5.17. The standard InChI is InChI=1S/C33H34F4N2O11/c34-16-6-11-22-20(14-16)25(19-2-1-3-21(19)39(22)30(45)15-4-9-18(10-5-15)50-33(35,36)37)38(17-7-8-17)23(40)12-13-24(41)48-32-28(44)26(42)27(43)29(49-32)31(46)47/h4-6,9-11,14,17,19,21,25-29,32,42-44H,1-3,7-8,12-13H2,(H,46,47)/t19-,21-,25+,26?,27?,28?,29?,32?/m0/s1. The highest BCUT2D eigenvalue weighted by molar-refractivity contribution is 6.07. The van der Waals surface area contributed by atoms with Gasteiger partial charge in [0.05, 0.1) is 12.5 Å². The summed E-state index contributed by atoms with van der Waals surface area (Å²) in [5, 5.41) is 39.3. The van der Waals surface area contributed by atoms with Crippen LogP contribution in [0.5, 0.6) is 5.75 Å². The van der Waals surface area contributed by atoms with E-state index in [1.165, 1.54) is 35.2 Å². The fourth-order valence-electron chi connectivity index (χ4n) is 7.22. The minimum atomic E-state index is -4.91. The van der Waals surface area contributed by atoms with Crippen molar-refractivity contribution in [2.24, 2.45) is 5.92 Å². The molecule has 13 nitrogen and oxygen atoms in total. The normalized spacial score (nSPS) is 29.1. The third-order valence-corrected chi connectivity index (χ3v) is 9.52. The number of amides is 2. The SMILES string of the molecule is O=C(CCC(=O)N(C1CC1)[C@H]1c2cc(F)ccc2N(C(=O)c2ccc(OC(F)(F)F)cc2)[C@H]2CCC[C@@H]21)OC1OC(C(=O)O)C(O)C(O)C1O. The van der Waals surface area contributed by atoms with Crippen molar-refractivity contribution in [1.82, 2.24) is 4.90 Å². The van der Waals surface area contributed by atoms with Gasteiger partial charge in [-0.3, -0.25) is 14.4 Å². The Morgan fingerprint density at radius 1 is 0.920 bits per heavy atom. The lowest BCUT2D eigenvalue weighted by Crippen LogP contribution is -2.60. The number of esters is 1. The number of fused-ring (bicyclic) bond motifs is 2. The Morgan fingerprint density at radius 3 is 2.26 bits per heavy atom. The average Bonchev–Trinajstić information content (AvgIpc) is 3.78. The molecular formula is C33H34F4N2O11. The molecule has 0 aromatic heterocycles. The molecule has 2 aromatic rings. The van der Waals surface area contributed by atoms with Crippen molar-refractivity contribution in [1.29, 1.82) is 0 Å². The van der Waals surface area contributed by atoms with Crippen molar-refractivity contribution in [2.45, 2.75) is 100 Å². The summed E-state index contributed by atoms with van der Waals surface area (Å²) in [6, 6.07) is 7.00. The minimum absolute atomic E-state index is 0.0799. The van der Waals surface area contributed by atoms with E-state index in [2.05, 4.69) is 4.74 Å². The van der Waals surface area contributed by atoms with Crippen LogP contribution >= 0.6 is 0 Å². The zero-order valence-electron chi connectivity index (χ0n) is 26.2. The zero-order chi connectivity index (χ0) is 36.1. The number of hydrogen-bond donors (Lipinski definition) is 4. The van der Waals surface area contributed by atoms with Gasteiger partial charge in [0, 0.05) is 41.2 Å². The Hall–Kier alpha value is -4.32. The number of aliphatic hydroxyl groups is 3. The Kier molecular flexibility index (Phi) is 9.78. The van der Waals surface area contributed by atoms with E-state index < -0.39 is 90.9 Å². The predicted octanol–water partition coefficient (Wildman–Crippen LogP) is 2.80. The number of halogens is 4. The van der Waals surface area contributed by atoms with Gasteiger partial charge >= 0.3 is 18.3 Å². The van der Waals surface area contributed by atoms with Crippen molar-refractivity contribution < 1.29 is 71.4 Å². The van der Waals surface area contributed by atoms with E-state index >= 15 is 0 Å². The first-order valence-electron chi connectivity index (χ1n) is 16.1. The summed E-state index contributed by atoms with van der Waals surface area (Å²) >= 11 is 0. The second kappa shape index (κ2) is 13.8. The second-order valence-corrected chi connectivity index (χ2v) is 12.8. The monoisotopic (exact) mass is 710 g/mol. The van der Waals surface area contributed by atoms with Crippen molar-refractivity contribution in [3.63, 3.8) is 0 Å². The summed E-state index contributed by atoms with van der Waals surface area (Å²) < 4.78 is 66.9. The maximum absolute atomic E-state index is 14.9. The zero-order valence-corrected chi connectivity index (χ0v) is 26.2. The maximum atomic E-state index is 14.9. The molecule has 270 valence electrons. The fraction of sp³-hybridized carbons (Fsp3) is 0.515. The van der Waals surface area contributed by atoms with Gasteiger partial charge in [-0.2, -0.15) is 0 Å². The van der Waals surface area contributed by atoms with Gasteiger partial charge in [0.25, 0.3) is 5.91 Å². The van der Waals surface area contributed by atoms with Gasteiger partial charge < -0.3 is 44.4 Å². The molecule has 0 bridgehead atoms. The highest BCUT2D eigenvalue weighted by atomic mass is 19.4. The van der Waals surface area contributed by atoms with Crippen molar-refractivity contribution in [3.05, 3.63) is 59.4 Å². The molecule has 2 aliphatic carbocycles. The number of carboxylic acid groups (broad SMARTS) is 1. The van der Waals surface area contributed by atoms with Crippen LogP contribution in [0.3, 0.4) is 0 Å². The summed E-state index contributed by atoms with van der Waals surface area (Å²) in [5.41, 5.74) is 0.791. The first kappa shape index (κ1) is 35.5. The molecule has 2 heterocycles. The molecule has 2 amide bonds. The second-order valence-electron chi connectivity index (χ2n) is 12.8. The van der Waals surface area contributed by atoms with E-state index in [0.717, 1.165) is 12.1 Å². The maximum Gasteiger partial charge on any atom is 0.573 e. The number of carbonyl (C=O) groups is 4. The van der Waals surface area contributed by atoms with E-state index in [4.69, 9.17) is 9.47 Å². The molecule has 2 aliphatic heterocycles. The number of ether oxygens (including phenoxy) is 3. The molecule has 2 aromatic carbocycles. The number of rotatable bonds is 9. The van der Waals surface area contributed by atoms with Crippen LogP contribution in [0.25, 0.3) is 0 Å². The van der Waals surface area contributed by atoms with Crippen LogP contribution in [0.1, 0.15) is 66.9 Å². The van der Waals surface area contributed by atoms with Gasteiger partial charge in [-0.05, 0) is 68.1 Å². The summed E-state index contributed by atoms with van der Waals surface area (Å²) in [4.78, 5) is 55.1. The van der Waals surface area contributed by atoms with Crippen LogP contribution in [0.15, 0.2) is 42.5 Å². The lowest BCUT2D eigenvalue weighted by Gasteiger charge is -2.48. The molecule has 4 N–H and O–H groups in total. The molecule has 17 heteroatoms. The van der Waals surface area contributed by atoms with E-state index in [1.807, 2.05) is 0 Å². The van der Waals surface area contributed by atoms with Crippen LogP contribution in [-0.4, -0.2) is 98.2 Å². The molecule has 2 saturated carbocycles. The third kappa shape index (κ3) is 7.12. The van der Waals surface area contributed by atoms with Gasteiger partial charge in [-0.1, -0.05) is 6.42 Å². The van der Waals surface area contributed by atoms with Crippen molar-refractivity contribution >= 4 is 29.4 Å². The smallest absolute Gasteiger partial charge is 0.479 e. The molecule has 4 aliphatic rings. The highest BCUT2D eigenvalue weighted by Crippen LogP contribution is 2.53. The van der Waals surface area contributed by atoms with E-state index in [9.17, 15) is 57.2 Å². The molecule has 3 fully saturated rings. The molecule has 1 saturated heterocycles. The Labute approximate surface area is 281 Å². The van der Waals surface area contributed by atoms with Crippen LogP contribution < -0.4 is 9.64 Å². The topological polar surface area (TPSA) is 183 Å². The number of benzene rings is 2. The summed E-state index contributed by atoms with van der Waals surface area (Å²) in [7, 11) is 0. The minimum Gasteiger partial charge on any atom is -0.479 e. The van der Waals surface area contributed by atoms with Crippen LogP contribution in [0.4, 0.5) is 23.2 Å². The summed E-state index contributed by atoms with van der Waals surface area (Å²) in [6.07, 6.45) is -12.6. The lowest BCUT2D eigenvalue weighted by atomic mass is 9.81. The number of carboxylic acids is 1. The highest BCUT2D eigenvalue weighted by Gasteiger charge is 2.52. The molecule has 50 heavy (non-hydrogen) atoms. The van der Waals surface area contributed by atoms with Gasteiger partial charge in [-0.15, -0.1) is 13.2 Å². The first-order valence-corrected chi connectivity index (χ1v) is 16.1. The Balaban J connectivity index is 1.22. The fourth-order valence-corrected chi connectivity index (χ4v) is 7.22. The van der Waals surface area contributed by atoms with Gasteiger partial charge in [-0.25, -0.2) is 9.18 Å². The molecular weight excluding hydrogens is 676 g/mol. The molecule has 8 atom stereocenters. The number of alkyl halides is 3. The van der Waals surface area contributed by atoms with Gasteiger partial charge in [0.2, 0.25) is 12.2 Å². The van der Waals surface area contributed by atoms with Gasteiger partial charge in [0.15, 0.2) is 6.10 Å². The number of anilines is 1. The van der Waals surface area contributed by atoms with E-state index in [-0.39, 0.29) is 23.9 Å². The molecule has 0 spiro atoms. The average molecular weight is 711 g/mol. The lowest BCUT2D eigenvalue weighted by molar-refractivity contribution is -0.286. The first-order chi connectivity index (χ1) is 23.6. The molecule has 6 rings (SSSR count). The predicted molar refractivity (Wildman–Crippen MR) is 160 cm³/mol. The number of aliphatic hydroxyl groups excluding tert-OH is 3.